The molecule has 198 valence electrons. The second kappa shape index (κ2) is 12.8. The van der Waals surface area contributed by atoms with Crippen LogP contribution in [0.2, 0.25) is 0 Å². The summed E-state index contributed by atoms with van der Waals surface area (Å²) in [5.74, 6) is 1.40. The maximum atomic E-state index is 5.24. The highest BCUT2D eigenvalue weighted by Crippen LogP contribution is 2.28. The first kappa shape index (κ1) is 26.7. The summed E-state index contributed by atoms with van der Waals surface area (Å²) in [6, 6.07) is 25.1. The van der Waals surface area contributed by atoms with Crippen molar-refractivity contribution >= 4 is 17.1 Å². The molecule has 0 amide bonds. The monoisotopic (exact) mass is 514 g/mol. The van der Waals surface area contributed by atoms with Gasteiger partial charge in [-0.15, -0.1) is 0 Å². The van der Waals surface area contributed by atoms with E-state index in [1.165, 1.54) is 19.3 Å². The number of aryl methyl sites for hydroxylation is 1. The molecule has 0 saturated heterocycles. The lowest BCUT2D eigenvalue weighted by Gasteiger charge is -2.22. The normalized spacial score (nSPS) is 19.2. The number of aliphatic imine (C=N–C) groups is 2. The molecule has 4 nitrogen and oxygen atoms in total. The molecule has 0 radical (unpaired) electrons. The molecule has 1 atom stereocenters. The van der Waals surface area contributed by atoms with Gasteiger partial charge in [-0.2, -0.15) is 0 Å². The molecule has 1 aromatic heterocycles. The van der Waals surface area contributed by atoms with Crippen LogP contribution in [0.15, 0.2) is 113 Å². The van der Waals surface area contributed by atoms with Gasteiger partial charge in [0.1, 0.15) is 12.0 Å². The van der Waals surface area contributed by atoms with E-state index in [1.54, 1.807) is 0 Å². The Morgan fingerprint density at radius 1 is 0.897 bits per heavy atom. The number of pyridine rings is 1. The van der Waals surface area contributed by atoms with Gasteiger partial charge in [0.25, 0.3) is 0 Å². The van der Waals surface area contributed by atoms with E-state index >= 15 is 0 Å². The zero-order valence-electron chi connectivity index (χ0n) is 23.1. The van der Waals surface area contributed by atoms with Crippen LogP contribution in [0.1, 0.15) is 55.8 Å². The highest BCUT2D eigenvalue weighted by molar-refractivity contribution is 6.10. The zero-order chi connectivity index (χ0) is 27.0. The van der Waals surface area contributed by atoms with Crippen molar-refractivity contribution in [3.05, 3.63) is 120 Å². The highest BCUT2D eigenvalue weighted by Gasteiger charge is 2.24. The van der Waals surface area contributed by atoms with E-state index in [2.05, 4.69) is 91.6 Å². The van der Waals surface area contributed by atoms with Gasteiger partial charge in [0.2, 0.25) is 0 Å². The maximum Gasteiger partial charge on any atom is 0.128 e. The molecular weight excluding hydrogens is 476 g/mol. The fourth-order valence-electron chi connectivity index (χ4n) is 5.35. The summed E-state index contributed by atoms with van der Waals surface area (Å²) in [4.78, 5) is 15.2. The van der Waals surface area contributed by atoms with Crippen LogP contribution in [-0.4, -0.2) is 29.2 Å². The van der Waals surface area contributed by atoms with Crippen LogP contribution in [0.25, 0.3) is 16.8 Å². The van der Waals surface area contributed by atoms with Crippen molar-refractivity contribution in [1.29, 1.82) is 0 Å². The first-order valence-corrected chi connectivity index (χ1v) is 14.1. The fraction of sp³-hybridized carbons (Fsp3) is 0.286. The summed E-state index contributed by atoms with van der Waals surface area (Å²) in [6.45, 7) is 8.86. The molecule has 4 heteroatoms. The Bertz CT molecular complexity index is 1420. The van der Waals surface area contributed by atoms with E-state index in [0.29, 0.717) is 12.5 Å². The Balaban J connectivity index is 1.45. The SMILES string of the molecule is C=C/C(=C\C=C(/C)C1N=C(C2CCCCC2)N=C(c2cccc(-c3cccc(C)n3)c2)CN1)c1ccccc1. The van der Waals surface area contributed by atoms with E-state index in [-0.39, 0.29) is 6.17 Å². The minimum Gasteiger partial charge on any atom is -0.287 e. The molecule has 1 fully saturated rings. The maximum absolute atomic E-state index is 5.24. The number of benzene rings is 2. The molecule has 5 rings (SSSR count). The first-order chi connectivity index (χ1) is 19.1. The Morgan fingerprint density at radius 2 is 1.67 bits per heavy atom. The van der Waals surface area contributed by atoms with Crippen molar-refractivity contribution in [3.8, 4) is 11.3 Å². The average Bonchev–Trinajstić information content (AvgIpc) is 3.22. The van der Waals surface area contributed by atoms with E-state index in [1.807, 2.05) is 25.1 Å². The standard InChI is InChI=1S/C35H38N4/c1-4-27(28-14-7-5-8-15-28)22-21-25(2)34-36-24-33(38-35(39-34)29-16-9-6-10-17-29)31-19-12-18-30(23-31)32-20-11-13-26(3)37-32/h4-5,7-8,11-15,18-23,29,34,36H,1,6,9-10,16-17,24H2,2-3H3/b25-21+,27-22+. The zero-order valence-corrected chi connectivity index (χ0v) is 23.1. The second-order valence-electron chi connectivity index (χ2n) is 10.5. The molecule has 1 aliphatic heterocycles. The van der Waals surface area contributed by atoms with E-state index < -0.39 is 0 Å². The fourth-order valence-corrected chi connectivity index (χ4v) is 5.35. The molecule has 39 heavy (non-hydrogen) atoms. The lowest BCUT2D eigenvalue weighted by Crippen LogP contribution is -2.32. The lowest BCUT2D eigenvalue weighted by atomic mass is 9.88. The molecule has 2 aliphatic rings. The lowest BCUT2D eigenvalue weighted by molar-refractivity contribution is 0.435. The molecule has 1 aliphatic carbocycles. The van der Waals surface area contributed by atoms with Gasteiger partial charge in [0, 0.05) is 23.7 Å². The largest absolute Gasteiger partial charge is 0.287 e. The smallest absolute Gasteiger partial charge is 0.128 e. The summed E-state index contributed by atoms with van der Waals surface area (Å²) < 4.78 is 0. The number of allylic oxidation sites excluding steroid dienone is 4. The Labute approximate surface area is 233 Å². The second-order valence-corrected chi connectivity index (χ2v) is 10.5. The van der Waals surface area contributed by atoms with Crippen LogP contribution in [0, 0.1) is 12.8 Å². The number of rotatable bonds is 7. The van der Waals surface area contributed by atoms with Gasteiger partial charge in [-0.25, -0.2) is 9.98 Å². The summed E-state index contributed by atoms with van der Waals surface area (Å²) in [6.07, 6.45) is 12.2. The Kier molecular flexibility index (Phi) is 8.75. The van der Waals surface area contributed by atoms with Crippen molar-refractivity contribution in [2.45, 2.75) is 52.1 Å². The number of nitrogens with zero attached hydrogens (tertiary/aromatic N) is 3. The summed E-state index contributed by atoms with van der Waals surface area (Å²) in [5, 5.41) is 3.69. The molecule has 1 saturated carbocycles. The van der Waals surface area contributed by atoms with Crippen LogP contribution >= 0.6 is 0 Å². The summed E-state index contributed by atoms with van der Waals surface area (Å²) in [5.41, 5.74) is 8.68. The Morgan fingerprint density at radius 3 is 2.44 bits per heavy atom. The van der Waals surface area contributed by atoms with Crippen LogP contribution < -0.4 is 5.32 Å². The molecular formula is C35H38N4. The van der Waals surface area contributed by atoms with Gasteiger partial charge >= 0.3 is 0 Å². The topological polar surface area (TPSA) is 49.6 Å². The third-order valence-corrected chi connectivity index (χ3v) is 7.61. The van der Waals surface area contributed by atoms with Gasteiger partial charge in [-0.3, -0.25) is 10.3 Å². The summed E-state index contributed by atoms with van der Waals surface area (Å²) in [7, 11) is 0. The molecule has 0 spiro atoms. The number of aromatic nitrogens is 1. The molecule has 1 unspecified atom stereocenters. The minimum atomic E-state index is -0.122. The molecule has 2 heterocycles. The third-order valence-electron chi connectivity index (χ3n) is 7.61. The van der Waals surface area contributed by atoms with Crippen molar-refractivity contribution in [2.75, 3.05) is 6.54 Å². The quantitative estimate of drug-likeness (QED) is 0.325. The van der Waals surface area contributed by atoms with Crippen molar-refractivity contribution in [3.63, 3.8) is 0 Å². The van der Waals surface area contributed by atoms with Crippen molar-refractivity contribution in [2.24, 2.45) is 15.9 Å². The van der Waals surface area contributed by atoms with E-state index in [4.69, 9.17) is 15.0 Å². The highest BCUT2D eigenvalue weighted by atomic mass is 15.1. The number of nitrogens with one attached hydrogen (secondary N) is 1. The number of hydrogen-bond acceptors (Lipinski definition) is 4. The van der Waals surface area contributed by atoms with E-state index in [9.17, 15) is 0 Å². The predicted molar refractivity (Wildman–Crippen MR) is 165 cm³/mol. The minimum absolute atomic E-state index is 0.122. The third kappa shape index (κ3) is 6.76. The molecule has 0 bridgehead atoms. The van der Waals surface area contributed by atoms with Crippen LogP contribution in [0.5, 0.6) is 0 Å². The van der Waals surface area contributed by atoms with Crippen LogP contribution in [0.4, 0.5) is 0 Å². The first-order valence-electron chi connectivity index (χ1n) is 14.1. The average molecular weight is 515 g/mol. The van der Waals surface area contributed by atoms with Crippen LogP contribution in [-0.2, 0) is 0 Å². The molecule has 1 N–H and O–H groups in total. The summed E-state index contributed by atoms with van der Waals surface area (Å²) >= 11 is 0. The Hall–Kier alpha value is -3.89. The number of hydrogen-bond donors (Lipinski definition) is 1. The predicted octanol–water partition coefficient (Wildman–Crippen LogP) is 7.97. The van der Waals surface area contributed by atoms with Crippen molar-refractivity contribution in [1.82, 2.24) is 10.3 Å². The van der Waals surface area contributed by atoms with E-state index in [0.717, 1.165) is 63.6 Å². The number of amidine groups is 1. The molecule has 3 aromatic rings. The van der Waals surface area contributed by atoms with Gasteiger partial charge in [0.05, 0.1) is 11.4 Å². The van der Waals surface area contributed by atoms with Crippen LogP contribution in [0.3, 0.4) is 0 Å². The van der Waals surface area contributed by atoms with Gasteiger partial charge in [-0.05, 0) is 67.2 Å². The van der Waals surface area contributed by atoms with Gasteiger partial charge < -0.3 is 0 Å². The van der Waals surface area contributed by atoms with Crippen molar-refractivity contribution < 1.29 is 0 Å². The molecule has 2 aromatic carbocycles. The van der Waals surface area contributed by atoms with Gasteiger partial charge in [-0.1, -0.05) is 98.7 Å². The van der Waals surface area contributed by atoms with Gasteiger partial charge in [0.15, 0.2) is 0 Å².